The lowest BCUT2D eigenvalue weighted by Gasteiger charge is -2.30. The highest BCUT2D eigenvalue weighted by Crippen LogP contribution is 2.25. The standard InChI is InChI=1S/C14H21N3O4S2/c1-15(2)10-13-11-22-9-3-8-16(13)23(20,21)14-6-4-12(5-7-14)17(18)19/h4-7,13H,3,8-11H2,1-2H3. The summed E-state index contributed by atoms with van der Waals surface area (Å²) in [5.74, 6) is 1.70. The molecular weight excluding hydrogens is 338 g/mol. The van der Waals surface area contributed by atoms with E-state index in [0.29, 0.717) is 13.1 Å². The molecule has 9 heteroatoms. The van der Waals surface area contributed by atoms with Crippen LogP contribution < -0.4 is 0 Å². The van der Waals surface area contributed by atoms with Gasteiger partial charge in [-0.25, -0.2) is 8.42 Å². The predicted octanol–water partition coefficient (Wildman–Crippen LogP) is 1.65. The van der Waals surface area contributed by atoms with Crippen LogP contribution in [0, 0.1) is 10.1 Å². The van der Waals surface area contributed by atoms with E-state index in [2.05, 4.69) is 0 Å². The van der Waals surface area contributed by atoms with E-state index >= 15 is 0 Å². The van der Waals surface area contributed by atoms with Gasteiger partial charge < -0.3 is 4.90 Å². The minimum absolute atomic E-state index is 0.0994. The number of nitrogens with zero attached hydrogens (tertiary/aromatic N) is 3. The lowest BCUT2D eigenvalue weighted by Crippen LogP contribution is -2.46. The number of rotatable bonds is 5. The van der Waals surface area contributed by atoms with Gasteiger partial charge in [0.1, 0.15) is 0 Å². The zero-order valence-corrected chi connectivity index (χ0v) is 14.8. The summed E-state index contributed by atoms with van der Waals surface area (Å²) in [6.45, 7) is 1.13. The van der Waals surface area contributed by atoms with Crippen LogP contribution in [0.1, 0.15) is 6.42 Å². The summed E-state index contributed by atoms with van der Waals surface area (Å²) >= 11 is 1.77. The van der Waals surface area contributed by atoms with Gasteiger partial charge in [0.2, 0.25) is 10.0 Å². The first-order valence-corrected chi connectivity index (χ1v) is 9.90. The number of sulfonamides is 1. The van der Waals surface area contributed by atoms with Crippen LogP contribution in [0.15, 0.2) is 29.2 Å². The molecule has 1 unspecified atom stereocenters. The molecule has 1 aromatic carbocycles. The third kappa shape index (κ3) is 4.43. The zero-order valence-electron chi connectivity index (χ0n) is 13.2. The molecule has 1 aliphatic rings. The summed E-state index contributed by atoms with van der Waals surface area (Å²) in [4.78, 5) is 12.3. The number of non-ortho nitro benzene ring substituents is 1. The molecule has 0 N–H and O–H groups in total. The lowest BCUT2D eigenvalue weighted by molar-refractivity contribution is -0.384. The van der Waals surface area contributed by atoms with Crippen LogP contribution in [-0.2, 0) is 10.0 Å². The van der Waals surface area contributed by atoms with Gasteiger partial charge in [0.25, 0.3) is 5.69 Å². The fourth-order valence-electron chi connectivity index (χ4n) is 2.56. The van der Waals surface area contributed by atoms with Crippen molar-refractivity contribution in [1.29, 1.82) is 0 Å². The molecule has 1 saturated heterocycles. The Morgan fingerprint density at radius 2 is 2.00 bits per heavy atom. The number of benzene rings is 1. The molecule has 1 aromatic rings. The van der Waals surface area contributed by atoms with E-state index in [0.717, 1.165) is 17.9 Å². The quantitative estimate of drug-likeness (QED) is 0.587. The first-order chi connectivity index (χ1) is 10.8. The van der Waals surface area contributed by atoms with E-state index in [9.17, 15) is 18.5 Å². The molecule has 0 radical (unpaired) electrons. The van der Waals surface area contributed by atoms with Gasteiger partial charge in [-0.3, -0.25) is 10.1 Å². The van der Waals surface area contributed by atoms with E-state index < -0.39 is 14.9 Å². The molecule has 2 rings (SSSR count). The van der Waals surface area contributed by atoms with E-state index in [1.807, 2.05) is 19.0 Å². The van der Waals surface area contributed by atoms with Crippen molar-refractivity contribution >= 4 is 27.5 Å². The van der Waals surface area contributed by atoms with E-state index in [4.69, 9.17) is 0 Å². The van der Waals surface area contributed by atoms with Gasteiger partial charge in [-0.05, 0) is 38.4 Å². The minimum atomic E-state index is -3.65. The maximum atomic E-state index is 12.9. The van der Waals surface area contributed by atoms with Gasteiger partial charge >= 0.3 is 0 Å². The molecule has 1 heterocycles. The highest BCUT2D eigenvalue weighted by atomic mass is 32.2. The smallest absolute Gasteiger partial charge is 0.269 e. The SMILES string of the molecule is CN(C)CC1CSCCCN1S(=O)(=O)c1ccc([N+](=O)[O-])cc1. The third-order valence-corrected chi connectivity index (χ3v) is 6.78. The fourth-order valence-corrected chi connectivity index (χ4v) is 5.37. The van der Waals surface area contributed by atoms with Gasteiger partial charge in [0.05, 0.1) is 9.82 Å². The Labute approximate surface area is 140 Å². The Morgan fingerprint density at radius 3 is 2.57 bits per heavy atom. The van der Waals surface area contributed by atoms with Crippen LogP contribution in [0.4, 0.5) is 5.69 Å². The van der Waals surface area contributed by atoms with Crippen molar-refractivity contribution in [3.63, 3.8) is 0 Å². The van der Waals surface area contributed by atoms with Gasteiger partial charge in [-0.1, -0.05) is 0 Å². The number of thioether (sulfide) groups is 1. The zero-order chi connectivity index (χ0) is 17.0. The normalized spacial score (nSPS) is 20.4. The lowest BCUT2D eigenvalue weighted by atomic mass is 10.3. The molecule has 128 valence electrons. The monoisotopic (exact) mass is 359 g/mol. The Hall–Kier alpha value is -1.16. The second-order valence-electron chi connectivity index (χ2n) is 5.71. The number of hydrogen-bond acceptors (Lipinski definition) is 6. The first-order valence-electron chi connectivity index (χ1n) is 7.31. The van der Waals surface area contributed by atoms with Crippen LogP contribution in [-0.4, -0.2) is 67.3 Å². The number of nitro benzene ring substituents is 1. The van der Waals surface area contributed by atoms with Crippen LogP contribution in [0.2, 0.25) is 0 Å². The van der Waals surface area contributed by atoms with E-state index in [-0.39, 0.29) is 16.6 Å². The van der Waals surface area contributed by atoms with Crippen LogP contribution in [0.3, 0.4) is 0 Å². The van der Waals surface area contributed by atoms with Crippen molar-refractivity contribution < 1.29 is 13.3 Å². The topological polar surface area (TPSA) is 83.8 Å². The molecule has 0 aliphatic carbocycles. The van der Waals surface area contributed by atoms with Crippen LogP contribution >= 0.6 is 11.8 Å². The molecule has 1 atom stereocenters. The summed E-state index contributed by atoms with van der Waals surface area (Å²) < 4.78 is 27.4. The second-order valence-corrected chi connectivity index (χ2v) is 8.75. The summed E-state index contributed by atoms with van der Waals surface area (Å²) in [6, 6.07) is 5.01. The van der Waals surface area contributed by atoms with Crippen molar-refractivity contribution in [2.24, 2.45) is 0 Å². The van der Waals surface area contributed by atoms with Crippen LogP contribution in [0.5, 0.6) is 0 Å². The van der Waals surface area contributed by atoms with Crippen molar-refractivity contribution in [1.82, 2.24) is 9.21 Å². The molecule has 0 saturated carbocycles. The van der Waals surface area contributed by atoms with Crippen molar-refractivity contribution in [2.45, 2.75) is 17.4 Å². The Morgan fingerprint density at radius 1 is 1.35 bits per heavy atom. The molecule has 0 aromatic heterocycles. The Balaban J connectivity index is 2.32. The van der Waals surface area contributed by atoms with Gasteiger partial charge in [0.15, 0.2) is 0 Å². The van der Waals surface area contributed by atoms with Crippen LogP contribution in [0.25, 0.3) is 0 Å². The molecular formula is C14H21N3O4S2. The second kappa shape index (κ2) is 7.61. The Bertz CT molecular complexity index is 646. The molecule has 1 fully saturated rings. The molecule has 0 amide bonds. The summed E-state index contributed by atoms with van der Waals surface area (Å²) in [7, 11) is 0.194. The molecule has 0 bridgehead atoms. The van der Waals surface area contributed by atoms with Crippen molar-refractivity contribution in [2.75, 3.05) is 38.7 Å². The molecule has 1 aliphatic heterocycles. The number of hydrogen-bond donors (Lipinski definition) is 0. The van der Waals surface area contributed by atoms with E-state index in [1.165, 1.54) is 24.3 Å². The highest BCUT2D eigenvalue weighted by Gasteiger charge is 2.33. The molecule has 0 spiro atoms. The third-order valence-electron chi connectivity index (χ3n) is 3.61. The van der Waals surface area contributed by atoms with Gasteiger partial charge in [0, 0.05) is 37.0 Å². The summed E-state index contributed by atoms with van der Waals surface area (Å²) in [5.41, 5.74) is -0.111. The predicted molar refractivity (Wildman–Crippen MR) is 91.3 cm³/mol. The molecule has 7 nitrogen and oxygen atoms in total. The first kappa shape index (κ1) is 18.2. The highest BCUT2D eigenvalue weighted by molar-refractivity contribution is 7.99. The number of likely N-dealkylation sites (N-methyl/N-ethyl adjacent to an activating group) is 1. The summed E-state index contributed by atoms with van der Waals surface area (Å²) in [5, 5.41) is 10.7. The van der Waals surface area contributed by atoms with Gasteiger partial charge in [-0.2, -0.15) is 16.1 Å². The van der Waals surface area contributed by atoms with Crippen molar-refractivity contribution in [3.8, 4) is 0 Å². The fraction of sp³-hybridized carbons (Fsp3) is 0.571. The Kier molecular flexibility index (Phi) is 6.01. The van der Waals surface area contributed by atoms with Crippen molar-refractivity contribution in [3.05, 3.63) is 34.4 Å². The minimum Gasteiger partial charge on any atom is -0.308 e. The number of nitro groups is 1. The van der Waals surface area contributed by atoms with E-state index in [1.54, 1.807) is 16.1 Å². The average molecular weight is 359 g/mol. The largest absolute Gasteiger partial charge is 0.308 e. The maximum absolute atomic E-state index is 12.9. The maximum Gasteiger partial charge on any atom is 0.269 e. The summed E-state index contributed by atoms with van der Waals surface area (Å²) in [6.07, 6.45) is 0.806. The van der Waals surface area contributed by atoms with Gasteiger partial charge in [-0.15, -0.1) is 0 Å². The molecule has 23 heavy (non-hydrogen) atoms. The average Bonchev–Trinajstić information content (AvgIpc) is 2.72.